The van der Waals surface area contributed by atoms with Gasteiger partial charge in [0.15, 0.2) is 11.5 Å². The van der Waals surface area contributed by atoms with E-state index in [1.54, 1.807) is 12.1 Å². The van der Waals surface area contributed by atoms with Gasteiger partial charge in [0.2, 0.25) is 0 Å². The maximum absolute atomic E-state index is 10.1. The van der Waals surface area contributed by atoms with Gasteiger partial charge in [-0.05, 0) is 68.6 Å². The molecule has 2 N–H and O–H groups in total. The van der Waals surface area contributed by atoms with Gasteiger partial charge in [0.25, 0.3) is 0 Å². The van der Waals surface area contributed by atoms with Gasteiger partial charge in [0.05, 0.1) is 27.7 Å². The summed E-state index contributed by atoms with van der Waals surface area (Å²) in [5.74, 6) is 0.830. The molecule has 0 radical (unpaired) electrons. The molecule has 1 aromatic heterocycles. The zero-order valence-corrected chi connectivity index (χ0v) is 16.3. The Labute approximate surface area is 161 Å². The number of phenols is 1. The number of phenolic OH excluding ortho intramolecular Hbond substituents is 1. The third-order valence-corrected chi connectivity index (χ3v) is 5.70. The van der Waals surface area contributed by atoms with E-state index in [1.807, 2.05) is 31.2 Å². The van der Waals surface area contributed by atoms with Crippen LogP contribution in [0.25, 0.3) is 22.7 Å². The topological polar surface area (TPSA) is 81.9 Å². The number of benzene rings is 2. The quantitative estimate of drug-likeness (QED) is 0.518. The van der Waals surface area contributed by atoms with Gasteiger partial charge < -0.3 is 14.8 Å². The lowest BCUT2D eigenvalue weighted by atomic mass is 10.1. The van der Waals surface area contributed by atoms with Crippen LogP contribution in [0.5, 0.6) is 11.5 Å². The average molecular weight is 463 g/mol. The number of aromatic nitrogens is 2. The molecule has 0 saturated heterocycles. The lowest BCUT2D eigenvalue weighted by Crippen LogP contribution is -1.94. The van der Waals surface area contributed by atoms with E-state index in [-0.39, 0.29) is 5.75 Å². The molecule has 0 spiro atoms. The number of imidazole rings is 1. The molecule has 0 fully saturated rings. The molecule has 5 nitrogen and oxygen atoms in total. The van der Waals surface area contributed by atoms with Gasteiger partial charge in [0.1, 0.15) is 11.9 Å². The van der Waals surface area contributed by atoms with E-state index in [4.69, 9.17) is 4.74 Å². The third-order valence-electron chi connectivity index (χ3n) is 3.54. The molecule has 7 heteroatoms. The fraction of sp³-hybridized carbons (Fsp3) is 0.111. The summed E-state index contributed by atoms with van der Waals surface area (Å²) in [6, 6.07) is 11.4. The Morgan fingerprint density at radius 1 is 1.36 bits per heavy atom. The van der Waals surface area contributed by atoms with Crippen molar-refractivity contribution in [2.24, 2.45) is 0 Å². The van der Waals surface area contributed by atoms with E-state index >= 15 is 0 Å². The van der Waals surface area contributed by atoms with E-state index < -0.39 is 0 Å². The summed E-state index contributed by atoms with van der Waals surface area (Å²) < 4.78 is 6.53. The number of nitrogens with one attached hydrogen (secondary N) is 1. The Balaban J connectivity index is 2.12. The molecular weight excluding hydrogens is 450 g/mol. The molecule has 0 aliphatic heterocycles. The van der Waals surface area contributed by atoms with E-state index in [1.165, 1.54) is 0 Å². The van der Waals surface area contributed by atoms with Crippen molar-refractivity contribution in [3.05, 3.63) is 50.7 Å². The number of halogens is 2. The summed E-state index contributed by atoms with van der Waals surface area (Å²) >= 11 is 6.77. The second kappa shape index (κ2) is 7.30. The zero-order valence-electron chi connectivity index (χ0n) is 13.2. The Bertz CT molecular complexity index is 986. The van der Waals surface area contributed by atoms with Crippen molar-refractivity contribution in [2.75, 3.05) is 6.61 Å². The number of rotatable bonds is 4. The standard InChI is InChI=1S/C18H13Br2N3O2/c1-2-25-14-8-10(15(19)16(20)17(14)24)7-11(9-21)18-22-12-5-3-4-6-13(12)23-18/h3-8,24H,2H2,1H3,(H,22,23)/b11-7+. The predicted molar refractivity (Wildman–Crippen MR) is 104 cm³/mol. The number of hydrogen-bond acceptors (Lipinski definition) is 4. The Morgan fingerprint density at radius 2 is 2.12 bits per heavy atom. The minimum atomic E-state index is 0.00752. The summed E-state index contributed by atoms with van der Waals surface area (Å²) in [5.41, 5.74) is 2.71. The van der Waals surface area contributed by atoms with E-state index in [2.05, 4.69) is 47.9 Å². The van der Waals surface area contributed by atoms with Crippen LogP contribution in [0.2, 0.25) is 0 Å². The van der Waals surface area contributed by atoms with Gasteiger partial charge in [-0.25, -0.2) is 4.98 Å². The Morgan fingerprint density at radius 3 is 2.80 bits per heavy atom. The molecule has 25 heavy (non-hydrogen) atoms. The fourth-order valence-corrected chi connectivity index (χ4v) is 3.21. The third kappa shape index (κ3) is 3.41. The smallest absolute Gasteiger partial charge is 0.173 e. The first-order valence-corrected chi connectivity index (χ1v) is 9.04. The van der Waals surface area contributed by atoms with E-state index in [0.717, 1.165) is 11.0 Å². The summed E-state index contributed by atoms with van der Waals surface area (Å²) in [7, 11) is 0. The largest absolute Gasteiger partial charge is 0.503 e. The zero-order chi connectivity index (χ0) is 18.0. The van der Waals surface area contributed by atoms with Crippen LogP contribution in [0, 0.1) is 11.3 Å². The lowest BCUT2D eigenvalue weighted by molar-refractivity contribution is 0.317. The first-order valence-electron chi connectivity index (χ1n) is 7.45. The van der Waals surface area contributed by atoms with Crippen LogP contribution in [-0.2, 0) is 0 Å². The molecule has 3 rings (SSSR count). The highest BCUT2D eigenvalue weighted by Crippen LogP contribution is 2.42. The fourth-order valence-electron chi connectivity index (χ4n) is 2.37. The van der Waals surface area contributed by atoms with Gasteiger partial charge >= 0.3 is 0 Å². The highest BCUT2D eigenvalue weighted by Gasteiger charge is 2.16. The molecule has 0 aliphatic carbocycles. The lowest BCUT2D eigenvalue weighted by Gasteiger charge is -2.11. The molecule has 126 valence electrons. The van der Waals surface area contributed by atoms with Crippen molar-refractivity contribution in [3.63, 3.8) is 0 Å². The maximum Gasteiger partial charge on any atom is 0.173 e. The number of ether oxygens (including phenoxy) is 1. The number of para-hydroxylation sites is 2. The van der Waals surface area contributed by atoms with Crippen molar-refractivity contribution in [2.45, 2.75) is 6.92 Å². The number of hydrogen-bond donors (Lipinski definition) is 2. The summed E-state index contributed by atoms with van der Waals surface area (Å²) in [6.45, 7) is 2.25. The van der Waals surface area contributed by atoms with Gasteiger partial charge in [-0.3, -0.25) is 0 Å². The highest BCUT2D eigenvalue weighted by atomic mass is 79.9. The van der Waals surface area contributed by atoms with Crippen molar-refractivity contribution in [1.82, 2.24) is 9.97 Å². The summed E-state index contributed by atoms with van der Waals surface area (Å²) in [4.78, 5) is 7.60. The second-order valence-corrected chi connectivity index (χ2v) is 6.73. The van der Waals surface area contributed by atoms with Gasteiger partial charge in [-0.1, -0.05) is 12.1 Å². The molecular formula is C18H13Br2N3O2. The Kier molecular flexibility index (Phi) is 5.11. The highest BCUT2D eigenvalue weighted by molar-refractivity contribution is 9.13. The van der Waals surface area contributed by atoms with E-state index in [0.29, 0.717) is 38.3 Å². The number of aromatic amines is 1. The maximum atomic E-state index is 10.1. The van der Waals surface area contributed by atoms with Crippen LogP contribution in [0.15, 0.2) is 39.3 Å². The van der Waals surface area contributed by atoms with Crippen LogP contribution in [0.3, 0.4) is 0 Å². The first-order chi connectivity index (χ1) is 12.0. The molecule has 0 unspecified atom stereocenters. The molecule has 0 atom stereocenters. The number of aromatic hydroxyl groups is 1. The van der Waals surface area contributed by atoms with Crippen molar-refractivity contribution in [1.29, 1.82) is 5.26 Å². The minimum Gasteiger partial charge on any atom is -0.503 e. The molecule has 0 aliphatic rings. The van der Waals surface area contributed by atoms with Crippen molar-refractivity contribution >= 4 is 54.5 Å². The number of H-pyrrole nitrogens is 1. The van der Waals surface area contributed by atoms with Crippen LogP contribution in [0.4, 0.5) is 0 Å². The minimum absolute atomic E-state index is 0.00752. The Hall–Kier alpha value is -2.30. The summed E-state index contributed by atoms with van der Waals surface area (Å²) in [5, 5.41) is 19.7. The number of allylic oxidation sites excluding steroid dienone is 1. The van der Waals surface area contributed by atoms with Crippen molar-refractivity contribution in [3.8, 4) is 17.6 Å². The van der Waals surface area contributed by atoms with E-state index in [9.17, 15) is 10.4 Å². The average Bonchev–Trinajstić information content (AvgIpc) is 3.05. The SMILES string of the molecule is CCOc1cc(/C=C(\C#N)c2nc3ccccc3[nH]2)c(Br)c(Br)c1O. The monoisotopic (exact) mass is 461 g/mol. The van der Waals surface area contributed by atoms with Crippen molar-refractivity contribution < 1.29 is 9.84 Å². The van der Waals surface area contributed by atoms with Gasteiger partial charge in [0, 0.05) is 4.47 Å². The van der Waals surface area contributed by atoms with Gasteiger partial charge in [-0.2, -0.15) is 5.26 Å². The normalized spacial score (nSPS) is 11.5. The van der Waals surface area contributed by atoms with Crippen LogP contribution < -0.4 is 4.74 Å². The second-order valence-electron chi connectivity index (χ2n) is 5.15. The van der Waals surface area contributed by atoms with Crippen LogP contribution in [0.1, 0.15) is 18.3 Å². The molecule has 2 aromatic carbocycles. The summed E-state index contributed by atoms with van der Waals surface area (Å²) in [6.07, 6.45) is 1.69. The number of fused-ring (bicyclic) bond motifs is 1. The van der Waals surface area contributed by atoms with Crippen LogP contribution in [-0.4, -0.2) is 21.7 Å². The number of nitrogens with zero attached hydrogens (tertiary/aromatic N) is 2. The van der Waals surface area contributed by atoms with Gasteiger partial charge in [-0.15, -0.1) is 0 Å². The predicted octanol–water partition coefficient (Wildman–Crippen LogP) is 5.26. The molecule has 0 saturated carbocycles. The number of nitriles is 1. The first kappa shape index (κ1) is 17.5. The molecule has 1 heterocycles. The molecule has 3 aromatic rings. The van der Waals surface area contributed by atoms with Crippen LogP contribution >= 0.6 is 31.9 Å². The molecule has 0 amide bonds. The molecule has 0 bridgehead atoms.